The fraction of sp³-hybridized carbons (Fsp3) is 0.444. The van der Waals surface area contributed by atoms with Gasteiger partial charge in [-0.05, 0) is 6.42 Å². The number of benzene rings is 1. The van der Waals surface area contributed by atoms with Crippen LogP contribution in [-0.2, 0) is 9.53 Å². The van der Waals surface area contributed by atoms with Crippen LogP contribution in [0.2, 0.25) is 0 Å². The van der Waals surface area contributed by atoms with Crippen molar-refractivity contribution in [1.82, 2.24) is 0 Å². The van der Waals surface area contributed by atoms with Crippen molar-refractivity contribution in [2.24, 2.45) is 0 Å². The van der Waals surface area contributed by atoms with Gasteiger partial charge in [-0.1, -0.05) is 68.9 Å². The third-order valence-electron chi connectivity index (χ3n) is 3.03. The molecule has 0 saturated heterocycles. The third kappa shape index (κ3) is 7.94. The summed E-state index contributed by atoms with van der Waals surface area (Å²) in [6, 6.07) is 8.76. The summed E-state index contributed by atoms with van der Waals surface area (Å²) in [6.45, 7) is 1.92. The van der Waals surface area contributed by atoms with Gasteiger partial charge in [0.1, 0.15) is 0 Å². The first-order chi connectivity index (χ1) is 10.2. The lowest BCUT2D eigenvalue weighted by atomic mass is 10.1. The van der Waals surface area contributed by atoms with Gasteiger partial charge in [-0.25, -0.2) is 4.79 Å². The lowest BCUT2D eigenvalue weighted by Crippen LogP contribution is -2.12. The molecule has 0 saturated carbocycles. The first-order valence-corrected chi connectivity index (χ1v) is 7.48. The minimum atomic E-state index is -0.632. The first-order valence-electron chi connectivity index (χ1n) is 7.48. The number of hydrogen-bond acceptors (Lipinski definition) is 3. The Morgan fingerprint density at radius 2 is 1.76 bits per heavy atom. The molecule has 3 heteroatoms. The van der Waals surface area contributed by atoms with Crippen molar-refractivity contribution in [3.8, 4) is 11.8 Å². The molecule has 1 aromatic rings. The molecule has 0 aliphatic heterocycles. The second-order valence-electron chi connectivity index (χ2n) is 4.83. The Morgan fingerprint density at radius 3 is 2.48 bits per heavy atom. The molecule has 0 aliphatic carbocycles. The summed E-state index contributed by atoms with van der Waals surface area (Å²) in [5.41, 5.74) is 0.536. The van der Waals surface area contributed by atoms with E-state index in [0.29, 0.717) is 12.0 Å². The topological polar surface area (TPSA) is 43.4 Å². The highest BCUT2D eigenvalue weighted by atomic mass is 16.5. The molecule has 1 rings (SSSR count). The number of ether oxygens (including phenoxy) is 1. The van der Waals surface area contributed by atoms with E-state index in [2.05, 4.69) is 18.8 Å². The molecule has 0 fully saturated rings. The Bertz CT molecular complexity index is 494. The van der Waals surface area contributed by atoms with Gasteiger partial charge < -0.3 is 4.74 Å². The lowest BCUT2D eigenvalue weighted by Gasteiger charge is -2.00. The van der Waals surface area contributed by atoms with E-state index in [1.165, 1.54) is 19.3 Å². The molecule has 0 radical (unpaired) electrons. The Morgan fingerprint density at radius 1 is 1.05 bits per heavy atom. The Labute approximate surface area is 126 Å². The molecule has 112 valence electrons. The highest BCUT2D eigenvalue weighted by Crippen LogP contribution is 2.04. The van der Waals surface area contributed by atoms with E-state index in [1.54, 1.807) is 24.3 Å². The zero-order valence-electron chi connectivity index (χ0n) is 12.6. The fourth-order valence-corrected chi connectivity index (χ4v) is 1.83. The van der Waals surface area contributed by atoms with E-state index in [4.69, 9.17) is 4.74 Å². The van der Waals surface area contributed by atoms with Gasteiger partial charge in [0, 0.05) is 17.9 Å². The maximum atomic E-state index is 11.7. The number of esters is 1. The van der Waals surface area contributed by atoms with Crippen molar-refractivity contribution in [2.75, 3.05) is 6.61 Å². The molecule has 0 aliphatic rings. The number of rotatable bonds is 8. The molecular weight excluding hydrogens is 264 g/mol. The predicted molar refractivity (Wildman–Crippen MR) is 82.9 cm³/mol. The van der Waals surface area contributed by atoms with Crippen molar-refractivity contribution in [3.05, 3.63) is 35.9 Å². The van der Waals surface area contributed by atoms with Crippen LogP contribution < -0.4 is 0 Å². The number of unbranched alkanes of at least 4 members (excludes halogenated alkanes) is 5. The molecule has 0 spiro atoms. The maximum absolute atomic E-state index is 11.7. The summed E-state index contributed by atoms with van der Waals surface area (Å²) in [7, 11) is 0. The maximum Gasteiger partial charge on any atom is 0.384 e. The van der Waals surface area contributed by atoms with E-state index in [-0.39, 0.29) is 12.4 Å². The number of ketones is 1. The summed E-state index contributed by atoms with van der Waals surface area (Å²) >= 11 is 0. The van der Waals surface area contributed by atoms with Crippen LogP contribution in [-0.4, -0.2) is 18.4 Å². The van der Waals surface area contributed by atoms with Crippen LogP contribution >= 0.6 is 0 Å². The lowest BCUT2D eigenvalue weighted by molar-refractivity contribution is -0.135. The molecule has 0 unspecified atom stereocenters. The summed E-state index contributed by atoms with van der Waals surface area (Å²) in [5, 5.41) is 0. The number of carbonyl (C=O) groups excluding carboxylic acids is 2. The molecule has 0 amide bonds. The largest absolute Gasteiger partial charge is 0.448 e. The highest BCUT2D eigenvalue weighted by Gasteiger charge is 2.07. The molecule has 3 nitrogen and oxygen atoms in total. The molecule has 0 N–H and O–H groups in total. The van der Waals surface area contributed by atoms with Crippen molar-refractivity contribution in [3.63, 3.8) is 0 Å². The van der Waals surface area contributed by atoms with Crippen LogP contribution in [0.5, 0.6) is 0 Å². The van der Waals surface area contributed by atoms with Crippen molar-refractivity contribution < 1.29 is 14.3 Å². The third-order valence-corrected chi connectivity index (χ3v) is 3.03. The van der Waals surface area contributed by atoms with Gasteiger partial charge >= 0.3 is 5.97 Å². The summed E-state index contributed by atoms with van der Waals surface area (Å²) in [6.07, 6.45) is 6.53. The van der Waals surface area contributed by atoms with E-state index >= 15 is 0 Å². The van der Waals surface area contributed by atoms with E-state index < -0.39 is 5.97 Å². The van der Waals surface area contributed by atoms with E-state index in [1.807, 2.05) is 6.07 Å². The Kier molecular flexibility index (Phi) is 8.63. The van der Waals surface area contributed by atoms with Crippen LogP contribution in [0, 0.1) is 11.8 Å². The average Bonchev–Trinajstić information content (AvgIpc) is 2.52. The number of Topliss-reactive ketones (excluding diaryl/α,β-unsaturated/α-hetero) is 1. The minimum Gasteiger partial charge on any atom is -0.448 e. The Hall–Kier alpha value is -2.08. The van der Waals surface area contributed by atoms with Gasteiger partial charge in [0.2, 0.25) is 0 Å². The summed E-state index contributed by atoms with van der Waals surface area (Å²) < 4.78 is 4.84. The highest BCUT2D eigenvalue weighted by molar-refractivity contribution is 5.99. The van der Waals surface area contributed by atoms with Gasteiger partial charge in [-0.3, -0.25) is 4.79 Å². The van der Waals surface area contributed by atoms with Gasteiger partial charge in [-0.2, -0.15) is 0 Å². The smallest absolute Gasteiger partial charge is 0.384 e. The molecule has 0 atom stereocenters. The summed E-state index contributed by atoms with van der Waals surface area (Å²) in [4.78, 5) is 23.1. The van der Waals surface area contributed by atoms with Crippen molar-refractivity contribution in [1.29, 1.82) is 0 Å². The molecule has 1 aromatic carbocycles. The van der Waals surface area contributed by atoms with Gasteiger partial charge in [-0.15, -0.1) is 0 Å². The molecule has 0 aromatic heterocycles. The van der Waals surface area contributed by atoms with Crippen molar-refractivity contribution >= 4 is 11.8 Å². The summed E-state index contributed by atoms with van der Waals surface area (Å²) in [5.74, 6) is 4.36. The van der Waals surface area contributed by atoms with Gasteiger partial charge in [0.15, 0.2) is 12.4 Å². The van der Waals surface area contributed by atoms with Crippen LogP contribution in [0.4, 0.5) is 0 Å². The number of hydrogen-bond donors (Lipinski definition) is 0. The Balaban J connectivity index is 2.18. The quantitative estimate of drug-likeness (QED) is 0.240. The average molecular weight is 286 g/mol. The van der Waals surface area contributed by atoms with E-state index in [0.717, 1.165) is 12.8 Å². The monoisotopic (exact) mass is 286 g/mol. The predicted octanol–water partition coefficient (Wildman–Crippen LogP) is 3.78. The zero-order chi connectivity index (χ0) is 15.3. The second kappa shape index (κ2) is 10.7. The SMILES string of the molecule is CCCCCCCC#CC(=O)OCC(=O)c1ccccc1. The van der Waals surface area contributed by atoms with Crippen LogP contribution in [0.15, 0.2) is 30.3 Å². The minimum absolute atomic E-state index is 0.217. The van der Waals surface area contributed by atoms with Crippen LogP contribution in [0.1, 0.15) is 55.8 Å². The second-order valence-corrected chi connectivity index (χ2v) is 4.83. The molecule has 21 heavy (non-hydrogen) atoms. The van der Waals surface area contributed by atoms with Gasteiger partial charge in [0.05, 0.1) is 0 Å². The van der Waals surface area contributed by atoms with Crippen LogP contribution in [0.25, 0.3) is 0 Å². The first kappa shape index (κ1) is 17.0. The van der Waals surface area contributed by atoms with Gasteiger partial charge in [0.25, 0.3) is 0 Å². The number of carbonyl (C=O) groups is 2. The normalized spacial score (nSPS) is 9.57. The molecule has 0 heterocycles. The van der Waals surface area contributed by atoms with Crippen LogP contribution in [0.3, 0.4) is 0 Å². The molecular formula is C18H22O3. The zero-order valence-corrected chi connectivity index (χ0v) is 12.6. The molecule has 0 bridgehead atoms. The van der Waals surface area contributed by atoms with E-state index in [9.17, 15) is 9.59 Å². The fourth-order valence-electron chi connectivity index (χ4n) is 1.83. The van der Waals surface area contributed by atoms with Crippen molar-refractivity contribution in [2.45, 2.75) is 45.4 Å². The standard InChI is InChI=1S/C18H22O3/c1-2-3-4-5-6-7-11-14-18(20)21-15-17(19)16-12-9-8-10-13-16/h8-10,12-13H,2-7,15H2,1H3.